The van der Waals surface area contributed by atoms with Crippen molar-refractivity contribution < 1.29 is 19.1 Å². The van der Waals surface area contributed by atoms with E-state index in [4.69, 9.17) is 9.47 Å². The van der Waals surface area contributed by atoms with E-state index in [1.807, 2.05) is 39.0 Å². The van der Waals surface area contributed by atoms with Crippen LogP contribution in [0.15, 0.2) is 54.6 Å². The molecule has 0 saturated carbocycles. The van der Waals surface area contributed by atoms with Crippen molar-refractivity contribution in [1.29, 1.82) is 0 Å². The van der Waals surface area contributed by atoms with Gasteiger partial charge in [-0.05, 0) is 63.4 Å². The zero-order valence-corrected chi connectivity index (χ0v) is 16.1. The van der Waals surface area contributed by atoms with Crippen molar-refractivity contribution in [2.45, 2.75) is 45.8 Å². The number of rotatable bonds is 9. The largest absolute Gasteiger partial charge is 0.491 e. The molecule has 5 nitrogen and oxygen atoms in total. The SMILES string of the molecule is CC(C)Oc1ccc(C(=O)OCC(=O)N[C@H](C)CCc2ccccc2)cc1. The van der Waals surface area contributed by atoms with E-state index in [1.165, 1.54) is 5.56 Å². The minimum absolute atomic E-state index is 0.00359. The normalized spacial score (nSPS) is 11.7. The molecular formula is C22H27NO4. The Balaban J connectivity index is 1.71. The molecule has 0 bridgehead atoms. The van der Waals surface area contributed by atoms with Crippen LogP contribution in [0.5, 0.6) is 5.75 Å². The molecule has 0 heterocycles. The molecule has 0 aliphatic rings. The molecule has 5 heteroatoms. The van der Waals surface area contributed by atoms with Gasteiger partial charge in [0.25, 0.3) is 5.91 Å². The lowest BCUT2D eigenvalue weighted by Crippen LogP contribution is -2.36. The van der Waals surface area contributed by atoms with Gasteiger partial charge in [-0.25, -0.2) is 4.79 Å². The van der Waals surface area contributed by atoms with Gasteiger partial charge in [-0.2, -0.15) is 0 Å². The fourth-order valence-electron chi connectivity index (χ4n) is 2.57. The second-order valence-corrected chi connectivity index (χ2v) is 6.76. The van der Waals surface area contributed by atoms with Crippen molar-refractivity contribution in [3.8, 4) is 5.75 Å². The van der Waals surface area contributed by atoms with Gasteiger partial charge in [-0.3, -0.25) is 4.79 Å². The number of aryl methyl sites for hydroxylation is 1. The maximum absolute atomic E-state index is 12.0. The highest BCUT2D eigenvalue weighted by Gasteiger charge is 2.12. The zero-order valence-electron chi connectivity index (χ0n) is 16.1. The van der Waals surface area contributed by atoms with Crippen LogP contribution in [-0.2, 0) is 16.0 Å². The maximum atomic E-state index is 12.0. The van der Waals surface area contributed by atoms with Gasteiger partial charge in [-0.1, -0.05) is 30.3 Å². The van der Waals surface area contributed by atoms with E-state index in [1.54, 1.807) is 24.3 Å². The fraction of sp³-hybridized carbons (Fsp3) is 0.364. The molecule has 0 fully saturated rings. The van der Waals surface area contributed by atoms with E-state index in [0.29, 0.717) is 11.3 Å². The van der Waals surface area contributed by atoms with Crippen molar-refractivity contribution in [1.82, 2.24) is 5.32 Å². The minimum atomic E-state index is -0.529. The predicted octanol–water partition coefficient (Wildman–Crippen LogP) is 3.77. The summed E-state index contributed by atoms with van der Waals surface area (Å²) < 4.78 is 10.6. The van der Waals surface area contributed by atoms with Crippen LogP contribution >= 0.6 is 0 Å². The molecule has 0 unspecified atom stereocenters. The average Bonchev–Trinajstić information content (AvgIpc) is 2.65. The zero-order chi connectivity index (χ0) is 19.6. The Morgan fingerprint density at radius 1 is 0.963 bits per heavy atom. The van der Waals surface area contributed by atoms with E-state index in [9.17, 15) is 9.59 Å². The topological polar surface area (TPSA) is 64.6 Å². The molecule has 0 radical (unpaired) electrons. The van der Waals surface area contributed by atoms with E-state index in [0.717, 1.165) is 12.8 Å². The number of hydrogen-bond acceptors (Lipinski definition) is 4. The molecule has 0 aliphatic carbocycles. The highest BCUT2D eigenvalue weighted by molar-refractivity contribution is 5.91. The number of carbonyl (C=O) groups is 2. The second-order valence-electron chi connectivity index (χ2n) is 6.76. The molecule has 2 aromatic carbocycles. The number of esters is 1. The lowest BCUT2D eigenvalue weighted by Gasteiger charge is -2.14. The molecule has 2 rings (SSSR count). The maximum Gasteiger partial charge on any atom is 0.338 e. The molecule has 1 amide bonds. The molecule has 1 N–H and O–H groups in total. The number of benzene rings is 2. The summed E-state index contributed by atoms with van der Waals surface area (Å²) in [5.41, 5.74) is 1.62. The monoisotopic (exact) mass is 369 g/mol. The summed E-state index contributed by atoms with van der Waals surface area (Å²) in [5, 5.41) is 2.85. The number of hydrogen-bond donors (Lipinski definition) is 1. The molecule has 0 saturated heterocycles. The Bertz CT molecular complexity index is 726. The number of ether oxygens (including phenoxy) is 2. The van der Waals surface area contributed by atoms with Crippen LogP contribution < -0.4 is 10.1 Å². The third-order valence-corrected chi connectivity index (χ3v) is 3.91. The Hall–Kier alpha value is -2.82. The summed E-state index contributed by atoms with van der Waals surface area (Å²) in [6.07, 6.45) is 1.77. The van der Waals surface area contributed by atoms with E-state index < -0.39 is 5.97 Å². The molecule has 144 valence electrons. The predicted molar refractivity (Wildman–Crippen MR) is 105 cm³/mol. The van der Waals surface area contributed by atoms with E-state index >= 15 is 0 Å². The Labute approximate surface area is 160 Å². The molecule has 0 spiro atoms. The first-order valence-electron chi connectivity index (χ1n) is 9.21. The van der Waals surface area contributed by atoms with Crippen LogP contribution in [0.2, 0.25) is 0 Å². The van der Waals surface area contributed by atoms with E-state index in [2.05, 4.69) is 17.4 Å². The smallest absolute Gasteiger partial charge is 0.338 e. The van der Waals surface area contributed by atoms with Crippen LogP contribution in [0.4, 0.5) is 0 Å². The lowest BCUT2D eigenvalue weighted by atomic mass is 10.1. The molecule has 1 atom stereocenters. The third-order valence-electron chi connectivity index (χ3n) is 3.91. The van der Waals surface area contributed by atoms with Crippen LogP contribution in [0.25, 0.3) is 0 Å². The summed E-state index contributed by atoms with van der Waals surface area (Å²) in [7, 11) is 0. The van der Waals surface area contributed by atoms with Crippen molar-refractivity contribution in [3.05, 3.63) is 65.7 Å². The standard InChI is InChI=1S/C22H27NO4/c1-16(2)27-20-13-11-19(12-14-20)22(25)26-15-21(24)23-17(3)9-10-18-7-5-4-6-8-18/h4-8,11-14,16-17H,9-10,15H2,1-3H3,(H,23,24)/t17-/m1/s1. The van der Waals surface area contributed by atoms with Gasteiger partial charge in [0, 0.05) is 6.04 Å². The van der Waals surface area contributed by atoms with Crippen LogP contribution in [0.3, 0.4) is 0 Å². The summed E-state index contributed by atoms with van der Waals surface area (Å²) >= 11 is 0. The highest BCUT2D eigenvalue weighted by atomic mass is 16.5. The third kappa shape index (κ3) is 7.52. The Morgan fingerprint density at radius 3 is 2.26 bits per heavy atom. The van der Waals surface area contributed by atoms with Gasteiger partial charge >= 0.3 is 5.97 Å². The number of amides is 1. The Morgan fingerprint density at radius 2 is 1.63 bits per heavy atom. The van der Waals surface area contributed by atoms with Gasteiger partial charge in [0.05, 0.1) is 11.7 Å². The average molecular weight is 369 g/mol. The first-order chi connectivity index (χ1) is 12.9. The second kappa shape index (κ2) is 10.4. The van der Waals surface area contributed by atoms with Crippen molar-refractivity contribution >= 4 is 11.9 Å². The number of carbonyl (C=O) groups excluding carboxylic acids is 2. The van der Waals surface area contributed by atoms with Gasteiger partial charge in [-0.15, -0.1) is 0 Å². The molecule has 0 aliphatic heterocycles. The fourth-order valence-corrected chi connectivity index (χ4v) is 2.57. The first kappa shape index (κ1) is 20.5. The lowest BCUT2D eigenvalue weighted by molar-refractivity contribution is -0.124. The number of nitrogens with one attached hydrogen (secondary N) is 1. The molecule has 0 aromatic heterocycles. The van der Waals surface area contributed by atoms with Crippen LogP contribution in [0.1, 0.15) is 43.1 Å². The first-order valence-corrected chi connectivity index (χ1v) is 9.21. The minimum Gasteiger partial charge on any atom is -0.491 e. The summed E-state index contributed by atoms with van der Waals surface area (Å²) in [5.74, 6) is -0.145. The van der Waals surface area contributed by atoms with Crippen molar-refractivity contribution in [2.75, 3.05) is 6.61 Å². The van der Waals surface area contributed by atoms with E-state index in [-0.39, 0.29) is 24.7 Å². The quantitative estimate of drug-likeness (QED) is 0.684. The summed E-state index contributed by atoms with van der Waals surface area (Å²) in [4.78, 5) is 24.0. The molecular weight excluding hydrogens is 342 g/mol. The van der Waals surface area contributed by atoms with Gasteiger partial charge < -0.3 is 14.8 Å². The van der Waals surface area contributed by atoms with Crippen molar-refractivity contribution in [2.24, 2.45) is 0 Å². The van der Waals surface area contributed by atoms with Crippen LogP contribution in [0, 0.1) is 0 Å². The summed E-state index contributed by atoms with van der Waals surface area (Å²) in [6, 6.07) is 16.8. The molecule has 2 aromatic rings. The molecule has 27 heavy (non-hydrogen) atoms. The summed E-state index contributed by atoms with van der Waals surface area (Å²) in [6.45, 7) is 5.51. The highest BCUT2D eigenvalue weighted by Crippen LogP contribution is 2.14. The Kier molecular flexibility index (Phi) is 7.86. The van der Waals surface area contributed by atoms with Crippen molar-refractivity contribution in [3.63, 3.8) is 0 Å². The van der Waals surface area contributed by atoms with Gasteiger partial charge in [0.1, 0.15) is 5.75 Å². The van der Waals surface area contributed by atoms with Gasteiger partial charge in [0.2, 0.25) is 0 Å². The van der Waals surface area contributed by atoms with Gasteiger partial charge in [0.15, 0.2) is 6.61 Å². The van der Waals surface area contributed by atoms with Crippen LogP contribution in [-0.4, -0.2) is 30.6 Å².